The molecule has 26 heavy (non-hydrogen) atoms. The fourth-order valence-corrected chi connectivity index (χ4v) is 2.77. The summed E-state index contributed by atoms with van der Waals surface area (Å²) in [6.45, 7) is 2.06. The highest BCUT2D eigenvalue weighted by Gasteiger charge is 2.12. The van der Waals surface area contributed by atoms with Gasteiger partial charge in [-0.05, 0) is 37.3 Å². The maximum Gasteiger partial charge on any atom is 0.286 e. The normalized spacial score (nSPS) is 10.5. The molecule has 0 spiro atoms. The zero-order valence-corrected chi connectivity index (χ0v) is 15.6. The number of amides is 2. The molecule has 0 unspecified atom stereocenters. The van der Waals surface area contributed by atoms with Gasteiger partial charge in [-0.25, -0.2) is 4.68 Å². The van der Waals surface area contributed by atoms with Gasteiger partial charge in [0.25, 0.3) is 5.91 Å². The van der Waals surface area contributed by atoms with Crippen molar-refractivity contribution in [2.75, 3.05) is 11.9 Å². The predicted octanol–water partition coefficient (Wildman–Crippen LogP) is 3.29. The van der Waals surface area contributed by atoms with Gasteiger partial charge in [-0.2, -0.15) is 5.10 Å². The minimum atomic E-state index is -0.349. The lowest BCUT2D eigenvalue weighted by atomic mass is 10.3. The fourth-order valence-electron chi connectivity index (χ4n) is 2.38. The van der Waals surface area contributed by atoms with Crippen molar-refractivity contribution in [3.63, 3.8) is 0 Å². The van der Waals surface area contributed by atoms with Gasteiger partial charge in [-0.1, -0.05) is 22.0 Å². The van der Waals surface area contributed by atoms with E-state index in [-0.39, 0.29) is 30.5 Å². The lowest BCUT2D eigenvalue weighted by Crippen LogP contribution is -2.27. The first-order valence-corrected chi connectivity index (χ1v) is 8.76. The molecule has 0 aliphatic heterocycles. The topological polar surface area (TPSA) is 89.2 Å². The van der Waals surface area contributed by atoms with Crippen molar-refractivity contribution in [1.82, 2.24) is 15.1 Å². The van der Waals surface area contributed by atoms with E-state index in [1.54, 1.807) is 22.9 Å². The Morgan fingerprint density at radius 1 is 1.23 bits per heavy atom. The van der Waals surface area contributed by atoms with Crippen LogP contribution in [0.25, 0.3) is 5.69 Å². The molecule has 0 aliphatic carbocycles. The molecule has 2 N–H and O–H groups in total. The second-order valence-corrected chi connectivity index (χ2v) is 6.51. The van der Waals surface area contributed by atoms with Crippen LogP contribution in [0.5, 0.6) is 0 Å². The van der Waals surface area contributed by atoms with E-state index in [0.29, 0.717) is 5.82 Å². The molecule has 7 nitrogen and oxygen atoms in total. The standard InChI is InChI=1S/C18H17BrN4O3/c1-12-10-16(23(22-12)14-5-2-4-13(19)11-14)21-17(24)7-8-20-18(25)15-6-3-9-26-15/h2-6,9-11H,7-8H2,1H3,(H,20,25)(H,21,24). The van der Waals surface area contributed by atoms with Crippen LogP contribution >= 0.6 is 15.9 Å². The van der Waals surface area contributed by atoms with Gasteiger partial charge in [-0.3, -0.25) is 9.59 Å². The Labute approximate surface area is 158 Å². The summed E-state index contributed by atoms with van der Waals surface area (Å²) in [6, 6.07) is 12.6. The molecule has 2 aromatic heterocycles. The van der Waals surface area contributed by atoms with Gasteiger partial charge in [-0.15, -0.1) is 0 Å². The van der Waals surface area contributed by atoms with E-state index < -0.39 is 0 Å². The molecular formula is C18H17BrN4O3. The first kappa shape index (κ1) is 17.9. The molecule has 8 heteroatoms. The monoisotopic (exact) mass is 416 g/mol. The van der Waals surface area contributed by atoms with Crippen molar-refractivity contribution < 1.29 is 14.0 Å². The van der Waals surface area contributed by atoms with Crippen LogP contribution in [0.3, 0.4) is 0 Å². The second-order valence-electron chi connectivity index (χ2n) is 5.59. The Kier molecular flexibility index (Phi) is 5.52. The van der Waals surface area contributed by atoms with Gasteiger partial charge < -0.3 is 15.1 Å². The summed E-state index contributed by atoms with van der Waals surface area (Å²) in [4.78, 5) is 24.0. The van der Waals surface area contributed by atoms with E-state index in [1.165, 1.54) is 6.26 Å². The summed E-state index contributed by atoms with van der Waals surface area (Å²) in [7, 11) is 0. The van der Waals surface area contributed by atoms with E-state index in [2.05, 4.69) is 31.7 Å². The fraction of sp³-hybridized carbons (Fsp3) is 0.167. The van der Waals surface area contributed by atoms with Crippen LogP contribution in [-0.4, -0.2) is 28.1 Å². The minimum absolute atomic E-state index is 0.134. The summed E-state index contributed by atoms with van der Waals surface area (Å²) < 4.78 is 7.58. The number of furan rings is 1. The SMILES string of the molecule is Cc1cc(NC(=O)CCNC(=O)c2ccco2)n(-c2cccc(Br)c2)n1. The third-order valence-electron chi connectivity index (χ3n) is 3.53. The van der Waals surface area contributed by atoms with Crippen molar-refractivity contribution in [2.24, 2.45) is 0 Å². The first-order valence-electron chi connectivity index (χ1n) is 7.97. The average molecular weight is 417 g/mol. The summed E-state index contributed by atoms with van der Waals surface area (Å²) in [6.07, 6.45) is 1.56. The maximum atomic E-state index is 12.2. The lowest BCUT2D eigenvalue weighted by Gasteiger charge is -2.09. The van der Waals surface area contributed by atoms with E-state index in [9.17, 15) is 9.59 Å². The van der Waals surface area contributed by atoms with Gasteiger partial charge >= 0.3 is 0 Å². The van der Waals surface area contributed by atoms with E-state index in [0.717, 1.165) is 15.9 Å². The van der Waals surface area contributed by atoms with Gasteiger partial charge in [0.05, 0.1) is 17.6 Å². The van der Waals surface area contributed by atoms with Crippen LogP contribution < -0.4 is 10.6 Å². The number of anilines is 1. The number of halogens is 1. The van der Waals surface area contributed by atoms with Gasteiger partial charge in [0.2, 0.25) is 5.91 Å². The highest BCUT2D eigenvalue weighted by Crippen LogP contribution is 2.20. The quantitative estimate of drug-likeness (QED) is 0.644. The number of aryl methyl sites for hydroxylation is 1. The summed E-state index contributed by atoms with van der Waals surface area (Å²) >= 11 is 3.43. The van der Waals surface area contributed by atoms with Crippen molar-refractivity contribution in [3.05, 3.63) is 64.7 Å². The first-order chi connectivity index (χ1) is 12.5. The van der Waals surface area contributed by atoms with E-state index in [1.807, 2.05) is 31.2 Å². The van der Waals surface area contributed by atoms with Crippen LogP contribution in [0.2, 0.25) is 0 Å². The van der Waals surface area contributed by atoms with E-state index in [4.69, 9.17) is 4.42 Å². The van der Waals surface area contributed by atoms with Crippen LogP contribution in [0.4, 0.5) is 5.82 Å². The van der Waals surface area contributed by atoms with Gasteiger partial charge in [0.1, 0.15) is 5.82 Å². The third-order valence-corrected chi connectivity index (χ3v) is 4.03. The smallest absolute Gasteiger partial charge is 0.286 e. The Hall–Kier alpha value is -2.87. The predicted molar refractivity (Wildman–Crippen MR) is 100 cm³/mol. The number of aromatic nitrogens is 2. The van der Waals surface area contributed by atoms with Gasteiger partial charge in [0.15, 0.2) is 5.76 Å². The summed E-state index contributed by atoms with van der Waals surface area (Å²) in [5.74, 6) is 0.218. The lowest BCUT2D eigenvalue weighted by molar-refractivity contribution is -0.116. The number of rotatable bonds is 6. The summed E-state index contributed by atoms with van der Waals surface area (Å²) in [5, 5.41) is 9.88. The van der Waals surface area contributed by atoms with Crippen LogP contribution in [-0.2, 0) is 4.79 Å². The average Bonchev–Trinajstić information content (AvgIpc) is 3.24. The molecule has 2 heterocycles. The molecule has 0 atom stereocenters. The van der Waals surface area contributed by atoms with Crippen molar-refractivity contribution in [2.45, 2.75) is 13.3 Å². The highest BCUT2D eigenvalue weighted by atomic mass is 79.9. The number of hydrogen-bond donors (Lipinski definition) is 2. The highest BCUT2D eigenvalue weighted by molar-refractivity contribution is 9.10. The van der Waals surface area contributed by atoms with Crippen LogP contribution in [0.1, 0.15) is 22.7 Å². The number of carbonyl (C=O) groups excluding carboxylic acids is 2. The largest absolute Gasteiger partial charge is 0.459 e. The number of benzene rings is 1. The number of nitrogens with one attached hydrogen (secondary N) is 2. The second kappa shape index (κ2) is 8.01. The minimum Gasteiger partial charge on any atom is -0.459 e. The van der Waals surface area contributed by atoms with Crippen molar-refractivity contribution in [1.29, 1.82) is 0 Å². The molecule has 0 aliphatic rings. The van der Waals surface area contributed by atoms with Crippen LogP contribution in [0, 0.1) is 6.92 Å². The number of hydrogen-bond acceptors (Lipinski definition) is 4. The van der Waals surface area contributed by atoms with Crippen molar-refractivity contribution in [3.8, 4) is 5.69 Å². The Bertz CT molecular complexity index is 918. The van der Waals surface area contributed by atoms with Crippen molar-refractivity contribution >= 4 is 33.6 Å². The molecule has 1 aromatic carbocycles. The third kappa shape index (κ3) is 4.40. The number of carbonyl (C=O) groups is 2. The summed E-state index contributed by atoms with van der Waals surface area (Å²) in [5.41, 5.74) is 1.61. The molecule has 0 fully saturated rings. The zero-order valence-electron chi connectivity index (χ0n) is 14.0. The molecule has 3 rings (SSSR count). The molecule has 0 bridgehead atoms. The Balaban J connectivity index is 1.60. The molecular weight excluding hydrogens is 400 g/mol. The van der Waals surface area contributed by atoms with Gasteiger partial charge in [0, 0.05) is 23.5 Å². The molecule has 0 saturated carbocycles. The van der Waals surface area contributed by atoms with E-state index >= 15 is 0 Å². The molecule has 2 amide bonds. The Morgan fingerprint density at radius 2 is 2.08 bits per heavy atom. The molecule has 134 valence electrons. The maximum absolute atomic E-state index is 12.2. The molecule has 3 aromatic rings. The molecule has 0 radical (unpaired) electrons. The number of nitrogens with zero attached hydrogens (tertiary/aromatic N) is 2. The van der Waals surface area contributed by atoms with Crippen LogP contribution in [0.15, 0.2) is 57.6 Å². The molecule has 0 saturated heterocycles. The Morgan fingerprint density at radius 3 is 2.81 bits per heavy atom. The zero-order chi connectivity index (χ0) is 18.5.